The molecule has 4 saturated carbocycles. The fourth-order valence-electron chi connectivity index (χ4n) is 8.20. The molecule has 4 aliphatic rings. The van der Waals surface area contributed by atoms with Gasteiger partial charge in [0, 0.05) is 24.3 Å². The van der Waals surface area contributed by atoms with E-state index in [1.165, 1.54) is 58.2 Å². The Balaban J connectivity index is 1.60. The Labute approximate surface area is 243 Å². The van der Waals surface area contributed by atoms with Gasteiger partial charge in [-0.3, -0.25) is 0 Å². The summed E-state index contributed by atoms with van der Waals surface area (Å²) in [5.41, 5.74) is 8.60. The van der Waals surface area contributed by atoms with Gasteiger partial charge in [-0.1, -0.05) is 81.4 Å². The zero-order valence-corrected chi connectivity index (χ0v) is 26.6. The lowest BCUT2D eigenvalue weighted by Crippen LogP contribution is -2.54. The molecule has 1 N–H and O–H groups in total. The molecule has 3 aromatic carbocycles. The predicted molar refractivity (Wildman–Crippen MR) is 168 cm³/mol. The Kier molecular flexibility index (Phi) is 7.54. The summed E-state index contributed by atoms with van der Waals surface area (Å²) >= 11 is 0. The average Bonchev–Trinajstić information content (AvgIpc) is 2.94. The first-order valence-electron chi connectivity index (χ1n) is 15.2. The number of benzene rings is 3. The highest BCUT2D eigenvalue weighted by Gasteiger charge is 2.54. The third-order valence-corrected chi connectivity index (χ3v) is 9.91. The highest BCUT2D eigenvalue weighted by molar-refractivity contribution is 6.01. The lowest BCUT2D eigenvalue weighted by atomic mass is 9.52. The largest absolute Gasteiger partial charge is 0.553 e. The first-order chi connectivity index (χ1) is 19.3. The maximum atomic E-state index is 9.51. The highest BCUT2D eigenvalue weighted by Crippen LogP contribution is 2.60. The second-order valence-corrected chi connectivity index (χ2v) is 13.8. The van der Waals surface area contributed by atoms with E-state index in [2.05, 4.69) is 93.6 Å². The summed E-state index contributed by atoms with van der Waals surface area (Å²) in [5, 5.41) is 9.51. The second kappa shape index (κ2) is 11.0. The van der Waals surface area contributed by atoms with Crippen molar-refractivity contribution in [2.24, 2.45) is 17.8 Å². The van der Waals surface area contributed by atoms with E-state index in [-0.39, 0.29) is 17.6 Å². The van der Waals surface area contributed by atoms with E-state index in [1.54, 1.807) is 0 Å². The van der Waals surface area contributed by atoms with E-state index < -0.39 is 0 Å². The highest BCUT2D eigenvalue weighted by atomic mass is 28.2. The summed E-state index contributed by atoms with van der Waals surface area (Å²) in [7, 11) is 0.619. The van der Waals surface area contributed by atoms with E-state index in [0.29, 0.717) is 29.4 Å². The van der Waals surface area contributed by atoms with E-state index in [1.807, 2.05) is 0 Å². The first kappa shape index (κ1) is 27.5. The molecule has 2 atom stereocenters. The summed E-state index contributed by atoms with van der Waals surface area (Å²) < 4.78 is 13.3. The minimum atomic E-state index is -0.195. The van der Waals surface area contributed by atoms with Crippen LogP contribution in [0.2, 0.25) is 0 Å². The number of ether oxygens (including phenoxy) is 1. The van der Waals surface area contributed by atoms with Gasteiger partial charge in [0.05, 0.1) is 5.60 Å². The Morgan fingerprint density at radius 3 is 2.12 bits per heavy atom. The van der Waals surface area contributed by atoms with Crippen molar-refractivity contribution in [3.05, 3.63) is 83.4 Å². The molecule has 0 aromatic heterocycles. The van der Waals surface area contributed by atoms with Crippen LogP contribution in [0.3, 0.4) is 0 Å². The molecule has 2 unspecified atom stereocenters. The molecule has 0 radical (unpaired) electrons. The molecule has 4 fully saturated rings. The number of aliphatic hydroxyl groups is 1. The van der Waals surface area contributed by atoms with Crippen molar-refractivity contribution in [3.63, 3.8) is 0 Å². The Morgan fingerprint density at radius 1 is 0.925 bits per heavy atom. The zero-order valence-electron chi connectivity index (χ0n) is 24.6. The third kappa shape index (κ3) is 4.99. The van der Waals surface area contributed by atoms with Crippen molar-refractivity contribution in [2.75, 3.05) is 13.2 Å². The minimum Gasteiger partial charge on any atom is -0.553 e. The smallest absolute Gasteiger partial charge is 0.204 e. The number of hydrogen-bond donors (Lipinski definition) is 1. The summed E-state index contributed by atoms with van der Waals surface area (Å²) in [6.45, 7) is 7.74. The van der Waals surface area contributed by atoms with E-state index in [4.69, 9.17) is 9.16 Å². The molecule has 0 heterocycles. The van der Waals surface area contributed by atoms with Crippen LogP contribution in [0.25, 0.3) is 28.3 Å². The van der Waals surface area contributed by atoms with Gasteiger partial charge in [-0.2, -0.15) is 0 Å². The van der Waals surface area contributed by atoms with Gasteiger partial charge < -0.3 is 14.3 Å². The van der Waals surface area contributed by atoms with Gasteiger partial charge >= 0.3 is 0 Å². The maximum Gasteiger partial charge on any atom is 0.204 e. The number of aliphatic hydroxyl groups excluding tert-OH is 1. The van der Waals surface area contributed by atoms with Gasteiger partial charge in [0.2, 0.25) is 10.5 Å². The van der Waals surface area contributed by atoms with Crippen molar-refractivity contribution in [3.8, 4) is 28.0 Å². The molecular weight excluding hydrogens is 508 g/mol. The van der Waals surface area contributed by atoms with E-state index in [9.17, 15) is 5.11 Å². The molecule has 0 amide bonds. The van der Waals surface area contributed by atoms with Crippen LogP contribution in [0.15, 0.2) is 72.3 Å². The molecule has 4 aliphatic carbocycles. The van der Waals surface area contributed by atoms with Crippen LogP contribution in [0.5, 0.6) is 5.75 Å². The van der Waals surface area contributed by atoms with Crippen molar-refractivity contribution < 1.29 is 14.3 Å². The van der Waals surface area contributed by atoms with E-state index in [0.717, 1.165) is 30.4 Å². The molecule has 40 heavy (non-hydrogen) atoms. The number of hydrogen-bond acceptors (Lipinski definition) is 3. The maximum absolute atomic E-state index is 9.51. The van der Waals surface area contributed by atoms with Gasteiger partial charge in [-0.05, 0) is 102 Å². The Hall–Kier alpha value is -2.66. The quantitative estimate of drug-likeness (QED) is 0.235. The van der Waals surface area contributed by atoms with Crippen LogP contribution in [0.4, 0.5) is 0 Å². The van der Waals surface area contributed by atoms with E-state index >= 15 is 0 Å². The summed E-state index contributed by atoms with van der Waals surface area (Å²) in [6, 6.07) is 24.0. The molecule has 7 rings (SSSR count). The van der Waals surface area contributed by atoms with Crippen LogP contribution in [0.1, 0.15) is 70.4 Å². The van der Waals surface area contributed by atoms with Gasteiger partial charge in [0.25, 0.3) is 0 Å². The summed E-state index contributed by atoms with van der Waals surface area (Å²) in [5.74, 6) is 3.14. The Bertz CT molecular complexity index is 1360. The molecular formula is C36H44O3Si. The van der Waals surface area contributed by atoms with Crippen LogP contribution >= 0.6 is 0 Å². The van der Waals surface area contributed by atoms with Crippen LogP contribution < -0.4 is 4.43 Å². The summed E-state index contributed by atoms with van der Waals surface area (Å²) in [4.78, 5) is 0. The molecule has 0 aliphatic heterocycles. The molecule has 4 bridgehead atoms. The molecule has 4 heteroatoms. The van der Waals surface area contributed by atoms with Crippen molar-refractivity contribution in [1.29, 1.82) is 0 Å². The fourth-order valence-corrected chi connectivity index (χ4v) is 8.64. The standard InChI is InChI=1S/C36H44O3Si/c1-35(2,3)33-32(27-13-8-5-9-14-27)30(26-11-6-4-7-12-26)20-29(34(33)39-40)21-31-28-18-24-17-25(19-28)23-36(31,22-24)38-16-10-15-37/h4-9,11-14,20-21,24-25,28,37H,10,15-19,22-23H2,1-3,40H3. The average molecular weight is 553 g/mol. The topological polar surface area (TPSA) is 38.7 Å². The molecule has 210 valence electrons. The second-order valence-electron chi connectivity index (χ2n) is 13.3. The van der Waals surface area contributed by atoms with Crippen molar-refractivity contribution in [2.45, 2.75) is 70.3 Å². The lowest BCUT2D eigenvalue weighted by Gasteiger charge is -2.58. The number of rotatable bonds is 8. The molecule has 0 saturated heterocycles. The monoisotopic (exact) mass is 552 g/mol. The third-order valence-electron chi connectivity index (χ3n) is 9.51. The van der Waals surface area contributed by atoms with Gasteiger partial charge in [-0.15, -0.1) is 0 Å². The van der Waals surface area contributed by atoms with Gasteiger partial charge in [-0.25, -0.2) is 0 Å². The van der Waals surface area contributed by atoms with Crippen LogP contribution in [-0.4, -0.2) is 34.4 Å². The van der Waals surface area contributed by atoms with Crippen LogP contribution in [0, 0.1) is 17.8 Å². The summed E-state index contributed by atoms with van der Waals surface area (Å²) in [6.07, 6.45) is 9.34. The SMILES string of the molecule is CC(C)(C)c1c(O[SiH3])c(C=C2C3CC4CC(C3)CC2(OCCCO)C4)cc(-c2ccccc2)c1-c1ccccc1. The van der Waals surface area contributed by atoms with Gasteiger partial charge in [0.15, 0.2) is 0 Å². The van der Waals surface area contributed by atoms with Gasteiger partial charge in [0.1, 0.15) is 5.75 Å². The first-order valence-corrected chi connectivity index (χ1v) is 16.0. The molecule has 0 spiro atoms. The minimum absolute atomic E-state index is 0.123. The fraction of sp³-hybridized carbons (Fsp3) is 0.444. The zero-order chi connectivity index (χ0) is 27.9. The molecule has 3 aromatic rings. The normalized spacial score (nSPS) is 26.5. The lowest BCUT2D eigenvalue weighted by molar-refractivity contribution is -0.121. The van der Waals surface area contributed by atoms with Crippen molar-refractivity contribution >= 4 is 16.6 Å². The van der Waals surface area contributed by atoms with Crippen LogP contribution in [-0.2, 0) is 10.2 Å². The predicted octanol–water partition coefficient (Wildman–Crippen LogP) is 7.34. The Morgan fingerprint density at radius 2 is 1.55 bits per heavy atom. The van der Waals surface area contributed by atoms with Crippen molar-refractivity contribution in [1.82, 2.24) is 0 Å². The molecule has 3 nitrogen and oxygen atoms in total.